The molecule has 2 rings (SSSR count). The molecule has 8 nitrogen and oxygen atoms in total. The van der Waals surface area contributed by atoms with Crippen LogP contribution in [0.4, 0.5) is 0 Å². The molecule has 0 bridgehead atoms. The molecular weight excluding hydrogens is 432 g/mol. The summed E-state index contributed by atoms with van der Waals surface area (Å²) < 4.78 is 46.9. The van der Waals surface area contributed by atoms with E-state index in [0.717, 1.165) is 34.1 Å². The molecule has 2 aromatic rings. The van der Waals surface area contributed by atoms with E-state index >= 15 is 0 Å². The van der Waals surface area contributed by atoms with Crippen molar-refractivity contribution in [3.8, 4) is 23.3 Å². The molecule has 0 aromatic heterocycles. The molecule has 0 saturated carbocycles. The van der Waals surface area contributed by atoms with Crippen molar-refractivity contribution >= 4 is 32.9 Å². The summed E-state index contributed by atoms with van der Waals surface area (Å²) in [4.78, 5) is 0. The van der Waals surface area contributed by atoms with Crippen LogP contribution < -0.4 is 9.47 Å². The Morgan fingerprint density at radius 1 is 1.03 bits per heavy atom. The van der Waals surface area contributed by atoms with Crippen LogP contribution in [-0.2, 0) is 19.5 Å². The quantitative estimate of drug-likeness (QED) is 0.122. The fourth-order valence-corrected chi connectivity index (χ4v) is 3.63. The van der Waals surface area contributed by atoms with Gasteiger partial charge in [0.2, 0.25) is 0 Å². The van der Waals surface area contributed by atoms with Crippen molar-refractivity contribution in [1.82, 2.24) is 0 Å². The van der Waals surface area contributed by atoms with Crippen LogP contribution in [-0.4, -0.2) is 42.9 Å². The van der Waals surface area contributed by atoms with Gasteiger partial charge in [0, 0.05) is 28.6 Å². The van der Waals surface area contributed by atoms with Crippen LogP contribution in [0, 0.1) is 18.8 Å². The Hall–Kier alpha value is -2.00. The minimum Gasteiger partial charge on any atom is -0.493 e. The zero-order valence-corrected chi connectivity index (χ0v) is 18.3. The monoisotopic (exact) mass is 456 g/mol. The molecule has 0 atom stereocenters. The van der Waals surface area contributed by atoms with Gasteiger partial charge in [0.1, 0.15) is 11.5 Å². The summed E-state index contributed by atoms with van der Waals surface area (Å²) in [6.45, 7) is 4.21. The number of rotatable bonds is 12. The maximum Gasteiger partial charge on any atom is 0.264 e. The van der Waals surface area contributed by atoms with Crippen LogP contribution in [0.3, 0.4) is 0 Å². The molecule has 0 aliphatic heterocycles. The molecule has 10 heteroatoms. The van der Waals surface area contributed by atoms with Crippen LogP contribution >= 0.6 is 12.0 Å². The highest BCUT2D eigenvalue weighted by molar-refractivity contribution is 7.94. The minimum atomic E-state index is -4.03. The van der Waals surface area contributed by atoms with E-state index < -0.39 is 10.1 Å². The molecule has 0 fully saturated rings. The Bertz CT molecular complexity index is 1010. The van der Waals surface area contributed by atoms with Gasteiger partial charge in [-0.25, -0.2) is 5.26 Å². The lowest BCUT2D eigenvalue weighted by atomic mass is 10.0. The van der Waals surface area contributed by atoms with Crippen molar-refractivity contribution < 1.29 is 37.1 Å². The first-order valence-electron chi connectivity index (χ1n) is 9.17. The number of ether oxygens (including phenoxy) is 2. The Morgan fingerprint density at radius 3 is 2.40 bits per heavy atom. The number of fused-ring (bicyclic) bond motifs is 1. The molecule has 2 aromatic carbocycles. The second kappa shape index (κ2) is 12.0. The van der Waals surface area contributed by atoms with Gasteiger partial charge in [0.15, 0.2) is 0 Å². The number of hydrogen-bond donors (Lipinski definition) is 2. The second-order valence-electron chi connectivity index (χ2n) is 6.28. The summed E-state index contributed by atoms with van der Waals surface area (Å²) in [5.74, 6) is 7.31. The van der Waals surface area contributed by atoms with E-state index in [2.05, 4.69) is 21.2 Å². The molecular formula is C20H24O8S2. The lowest BCUT2D eigenvalue weighted by Crippen LogP contribution is -2.09. The predicted molar refractivity (Wildman–Crippen MR) is 115 cm³/mol. The molecule has 0 aliphatic carbocycles. The molecule has 164 valence electrons. The van der Waals surface area contributed by atoms with E-state index in [-0.39, 0.29) is 18.8 Å². The molecule has 0 radical (unpaired) electrons. The third kappa shape index (κ3) is 7.36. The van der Waals surface area contributed by atoms with Crippen LogP contribution in [0.5, 0.6) is 11.5 Å². The van der Waals surface area contributed by atoms with E-state index in [0.29, 0.717) is 30.1 Å². The predicted octanol–water partition coefficient (Wildman–Crippen LogP) is 4.01. The summed E-state index contributed by atoms with van der Waals surface area (Å²) in [7, 11) is -4.03. The number of hydrogen-bond acceptors (Lipinski definition) is 8. The van der Waals surface area contributed by atoms with Crippen molar-refractivity contribution in [3.05, 3.63) is 35.4 Å². The zero-order valence-electron chi connectivity index (χ0n) is 16.7. The highest BCUT2D eigenvalue weighted by Gasteiger charge is 2.14. The Labute approximate surface area is 180 Å². The molecule has 0 spiro atoms. The van der Waals surface area contributed by atoms with Gasteiger partial charge >= 0.3 is 0 Å². The van der Waals surface area contributed by atoms with Crippen molar-refractivity contribution in [2.75, 3.05) is 24.7 Å². The van der Waals surface area contributed by atoms with Crippen molar-refractivity contribution in [2.24, 2.45) is 0 Å². The van der Waals surface area contributed by atoms with Gasteiger partial charge < -0.3 is 9.47 Å². The third-order valence-corrected chi connectivity index (χ3v) is 5.47. The highest BCUT2D eigenvalue weighted by atomic mass is 32.2. The Morgan fingerprint density at radius 2 is 1.70 bits per heavy atom. The standard InChI is InChI=1S/C20H24O8S2/c1-3-6-16-8-10-17-18(20(16)26-12-5-14-30(22,23)24)9-7-15(2)19(17)25-11-4-13-29-28-27-21/h7-10,21H,4-5,11-14H2,1-2H3,(H,22,23,24). The molecule has 0 amide bonds. The van der Waals surface area contributed by atoms with Gasteiger partial charge in [-0.1, -0.05) is 23.1 Å². The largest absolute Gasteiger partial charge is 0.493 e. The van der Waals surface area contributed by atoms with Gasteiger partial charge in [-0.3, -0.25) is 4.55 Å². The summed E-state index contributed by atoms with van der Waals surface area (Å²) in [5.41, 5.74) is 1.64. The van der Waals surface area contributed by atoms with Crippen LogP contribution in [0.25, 0.3) is 10.8 Å². The fraction of sp³-hybridized carbons (Fsp3) is 0.400. The Kier molecular flexibility index (Phi) is 9.71. The average Bonchev–Trinajstić information content (AvgIpc) is 2.69. The molecule has 0 unspecified atom stereocenters. The first kappa shape index (κ1) is 24.3. The first-order chi connectivity index (χ1) is 14.4. The summed E-state index contributed by atoms with van der Waals surface area (Å²) >= 11 is 0.971. The van der Waals surface area contributed by atoms with E-state index in [4.69, 9.17) is 19.3 Å². The van der Waals surface area contributed by atoms with Gasteiger partial charge in [0.25, 0.3) is 10.1 Å². The van der Waals surface area contributed by atoms with Gasteiger partial charge in [-0.15, -0.1) is 10.3 Å². The second-order valence-corrected chi connectivity index (χ2v) is 8.63. The highest BCUT2D eigenvalue weighted by Crippen LogP contribution is 2.37. The Balaban J connectivity index is 2.25. The molecule has 30 heavy (non-hydrogen) atoms. The molecule has 0 aliphatic rings. The van der Waals surface area contributed by atoms with E-state index in [1.165, 1.54) is 0 Å². The maximum atomic E-state index is 10.9. The van der Waals surface area contributed by atoms with Gasteiger partial charge in [0.05, 0.1) is 24.5 Å². The summed E-state index contributed by atoms with van der Waals surface area (Å²) in [5, 5.41) is 13.3. The van der Waals surface area contributed by atoms with E-state index in [1.807, 2.05) is 31.2 Å². The lowest BCUT2D eigenvalue weighted by molar-refractivity contribution is -0.432. The molecule has 2 N–H and O–H groups in total. The third-order valence-electron chi connectivity index (χ3n) is 4.05. The summed E-state index contributed by atoms with van der Waals surface area (Å²) in [6, 6.07) is 7.59. The maximum absolute atomic E-state index is 10.9. The van der Waals surface area contributed by atoms with E-state index in [1.54, 1.807) is 6.92 Å². The number of benzene rings is 2. The normalized spacial score (nSPS) is 11.2. The topological polar surface area (TPSA) is 112 Å². The SMILES string of the molecule is CC#Cc1ccc2c(OCCCSOOO)c(C)ccc2c1OCCCS(=O)(=O)O. The fourth-order valence-electron chi connectivity index (χ4n) is 2.80. The first-order valence-corrected chi connectivity index (χ1v) is 11.7. The van der Waals surface area contributed by atoms with Gasteiger partial charge in [-0.2, -0.15) is 8.42 Å². The zero-order chi connectivity index (χ0) is 22.0. The number of aryl methyl sites for hydroxylation is 1. The van der Waals surface area contributed by atoms with E-state index in [9.17, 15) is 8.42 Å². The smallest absolute Gasteiger partial charge is 0.264 e. The van der Waals surface area contributed by atoms with Crippen molar-refractivity contribution in [1.29, 1.82) is 0 Å². The van der Waals surface area contributed by atoms with Crippen LogP contribution in [0.2, 0.25) is 0 Å². The van der Waals surface area contributed by atoms with Crippen molar-refractivity contribution in [3.63, 3.8) is 0 Å². The molecule has 0 heterocycles. The van der Waals surface area contributed by atoms with Gasteiger partial charge in [-0.05, 0) is 44.4 Å². The lowest BCUT2D eigenvalue weighted by Gasteiger charge is -2.16. The van der Waals surface area contributed by atoms with Crippen LogP contribution in [0.1, 0.15) is 30.9 Å². The molecule has 0 saturated heterocycles. The summed E-state index contributed by atoms with van der Waals surface area (Å²) in [6.07, 6.45) is 0.822. The van der Waals surface area contributed by atoms with Crippen LogP contribution in [0.15, 0.2) is 24.3 Å². The van der Waals surface area contributed by atoms with Crippen molar-refractivity contribution in [2.45, 2.75) is 26.7 Å². The minimum absolute atomic E-state index is 0.117. The average molecular weight is 457 g/mol.